The lowest BCUT2D eigenvalue weighted by Gasteiger charge is -2.40. The van der Waals surface area contributed by atoms with E-state index in [-0.39, 0.29) is 23.8 Å². The first-order valence-corrected chi connectivity index (χ1v) is 15.5. The second-order valence-electron chi connectivity index (χ2n) is 10.8. The Morgan fingerprint density at radius 3 is 2.62 bits per heavy atom. The van der Waals surface area contributed by atoms with Crippen LogP contribution in [0, 0.1) is 17.1 Å². The number of fused-ring (bicyclic) bond motifs is 1. The number of thiazole rings is 1. The molecule has 0 aliphatic carbocycles. The fraction of sp³-hybridized carbons (Fsp3) is 0.464. The summed E-state index contributed by atoms with van der Waals surface area (Å²) in [6, 6.07) is 8.15. The monoisotopic (exact) mass is 609 g/mol. The van der Waals surface area contributed by atoms with Crippen LogP contribution in [0.2, 0.25) is 0 Å². The van der Waals surface area contributed by atoms with Gasteiger partial charge >= 0.3 is 0 Å². The number of carbonyl (C=O) groups is 1. The zero-order valence-corrected chi connectivity index (χ0v) is 25.5. The van der Waals surface area contributed by atoms with Crippen molar-refractivity contribution in [1.82, 2.24) is 29.4 Å². The van der Waals surface area contributed by atoms with Gasteiger partial charge < -0.3 is 19.8 Å². The number of aryl methyl sites for hydroxylation is 1. The Kier molecular flexibility index (Phi) is 7.61. The number of imidazole rings is 1. The molecular weight excluding hydrogens is 578 g/mol. The van der Waals surface area contributed by atoms with Gasteiger partial charge in [-0.05, 0) is 51.1 Å². The number of likely N-dealkylation sites (tertiary alicyclic amines) is 1. The number of halogens is 1. The summed E-state index contributed by atoms with van der Waals surface area (Å²) >= 11 is 2.80. The van der Waals surface area contributed by atoms with Crippen molar-refractivity contribution in [2.24, 2.45) is 0 Å². The van der Waals surface area contributed by atoms with Gasteiger partial charge in [-0.3, -0.25) is 9.69 Å². The minimum Gasteiger partial charge on any atom is -0.389 e. The summed E-state index contributed by atoms with van der Waals surface area (Å²) in [7, 11) is 3.89. The maximum Gasteiger partial charge on any atom is 0.239 e. The Labute approximate surface area is 251 Å². The summed E-state index contributed by atoms with van der Waals surface area (Å²) in [6.07, 6.45) is 1.20. The van der Waals surface area contributed by atoms with Crippen LogP contribution in [0.15, 0.2) is 24.3 Å². The molecule has 5 heterocycles. The Bertz CT molecular complexity index is 1650. The second kappa shape index (κ2) is 11.2. The van der Waals surface area contributed by atoms with E-state index in [0.717, 1.165) is 41.1 Å². The van der Waals surface area contributed by atoms with Gasteiger partial charge in [-0.15, -0.1) is 5.10 Å². The van der Waals surface area contributed by atoms with Crippen LogP contribution in [0.25, 0.3) is 16.2 Å². The zero-order valence-electron chi connectivity index (χ0n) is 23.9. The van der Waals surface area contributed by atoms with Crippen molar-refractivity contribution in [1.29, 1.82) is 5.26 Å². The predicted octanol–water partition coefficient (Wildman–Crippen LogP) is 3.36. The number of likely N-dealkylation sites (N-methyl/N-ethyl adjacent to an activating group) is 1. The first kappa shape index (κ1) is 28.5. The van der Waals surface area contributed by atoms with E-state index in [1.165, 1.54) is 34.8 Å². The first-order chi connectivity index (χ1) is 20.2. The summed E-state index contributed by atoms with van der Waals surface area (Å²) in [5.41, 5.74) is 2.08. The SMILES string of the molecule is CCc1nc2sc(N3CC[C@@H](N(C)C(C)C(=O)N4CC(O)C4)C3)nn2c1N(C)c1nc(-c2ccc(F)cc2)c(C#N)s1. The molecule has 0 radical (unpaired) electrons. The van der Waals surface area contributed by atoms with Gasteiger partial charge in [0, 0.05) is 44.8 Å². The number of nitriles is 1. The van der Waals surface area contributed by atoms with Crippen molar-refractivity contribution in [3.8, 4) is 17.3 Å². The van der Waals surface area contributed by atoms with E-state index in [1.54, 1.807) is 17.0 Å². The van der Waals surface area contributed by atoms with Crippen LogP contribution in [0.4, 0.5) is 20.5 Å². The van der Waals surface area contributed by atoms with Gasteiger partial charge in [-0.1, -0.05) is 29.6 Å². The minimum absolute atomic E-state index is 0.0538. The molecule has 1 unspecified atom stereocenters. The lowest BCUT2D eigenvalue weighted by atomic mass is 10.1. The van der Waals surface area contributed by atoms with Crippen molar-refractivity contribution in [2.45, 2.75) is 44.9 Å². The molecule has 3 aromatic heterocycles. The molecule has 220 valence electrons. The predicted molar refractivity (Wildman–Crippen MR) is 161 cm³/mol. The largest absolute Gasteiger partial charge is 0.389 e. The van der Waals surface area contributed by atoms with Crippen LogP contribution in [0.1, 0.15) is 30.8 Å². The molecule has 0 bridgehead atoms. The van der Waals surface area contributed by atoms with Gasteiger partial charge in [0.25, 0.3) is 0 Å². The van der Waals surface area contributed by atoms with Crippen LogP contribution in [0.3, 0.4) is 0 Å². The van der Waals surface area contributed by atoms with E-state index >= 15 is 0 Å². The van der Waals surface area contributed by atoms with Crippen LogP contribution < -0.4 is 9.80 Å². The highest BCUT2D eigenvalue weighted by atomic mass is 32.1. The number of carbonyl (C=O) groups excluding carboxylic acids is 1. The van der Waals surface area contributed by atoms with Crippen molar-refractivity contribution in [2.75, 3.05) is 50.1 Å². The standard InChI is InChI=1S/C28H32FN9O2S2/c1-5-21-24(35(4)26-32-23(22(12-30)41-26)17-6-8-18(29)9-7-17)38-27(31-21)42-28(33-38)36-11-10-19(13-36)34(3)16(2)25(40)37-14-20(39)15-37/h6-9,16,19-20,39H,5,10-11,13-15H2,1-4H3/t16?,19-/m1/s1. The van der Waals surface area contributed by atoms with Gasteiger partial charge in [-0.2, -0.15) is 9.78 Å². The number of aliphatic hydroxyl groups excluding tert-OH is 1. The number of rotatable bonds is 8. The number of aliphatic hydroxyl groups is 1. The molecule has 11 nitrogen and oxygen atoms in total. The number of amides is 1. The average Bonchev–Trinajstić information content (AvgIpc) is 3.76. The van der Waals surface area contributed by atoms with Crippen LogP contribution in [-0.4, -0.2) is 98.9 Å². The topological polar surface area (TPSA) is 117 Å². The third-order valence-corrected chi connectivity index (χ3v) is 10.2. The molecule has 6 rings (SSSR count). The second-order valence-corrected chi connectivity index (χ2v) is 12.7. The van der Waals surface area contributed by atoms with Crippen molar-refractivity contribution in [3.63, 3.8) is 0 Å². The van der Waals surface area contributed by atoms with Crippen LogP contribution in [-0.2, 0) is 11.2 Å². The Morgan fingerprint density at radius 2 is 1.95 bits per heavy atom. The highest BCUT2D eigenvalue weighted by Crippen LogP contribution is 2.38. The molecule has 14 heteroatoms. The Morgan fingerprint density at radius 1 is 1.21 bits per heavy atom. The van der Waals surface area contributed by atoms with E-state index in [1.807, 2.05) is 37.4 Å². The lowest BCUT2D eigenvalue weighted by Crippen LogP contribution is -2.59. The molecule has 2 aliphatic rings. The van der Waals surface area contributed by atoms with Gasteiger partial charge in [-0.25, -0.2) is 14.4 Å². The molecular formula is C28H32FN9O2S2. The highest BCUT2D eigenvalue weighted by molar-refractivity contribution is 7.20. The van der Waals surface area contributed by atoms with Crippen LogP contribution in [0.5, 0.6) is 0 Å². The first-order valence-electron chi connectivity index (χ1n) is 13.9. The van der Waals surface area contributed by atoms with Gasteiger partial charge in [0.05, 0.1) is 17.8 Å². The number of aromatic nitrogens is 4. The number of anilines is 3. The van der Waals surface area contributed by atoms with Crippen molar-refractivity contribution in [3.05, 3.63) is 40.7 Å². The van der Waals surface area contributed by atoms with E-state index in [9.17, 15) is 19.6 Å². The molecule has 1 aromatic carbocycles. The molecule has 2 fully saturated rings. The third-order valence-electron chi connectivity index (χ3n) is 8.17. The summed E-state index contributed by atoms with van der Waals surface area (Å²) in [6.45, 7) is 6.37. The molecule has 1 amide bonds. The third kappa shape index (κ3) is 5.00. The molecule has 2 atom stereocenters. The van der Waals surface area contributed by atoms with Gasteiger partial charge in [0.2, 0.25) is 16.0 Å². The average molecular weight is 610 g/mol. The maximum atomic E-state index is 13.5. The van der Waals surface area contributed by atoms with E-state index in [4.69, 9.17) is 15.1 Å². The fourth-order valence-electron chi connectivity index (χ4n) is 5.53. The number of nitrogens with zero attached hydrogens (tertiary/aromatic N) is 9. The zero-order chi connectivity index (χ0) is 29.7. The fourth-order valence-corrected chi connectivity index (χ4v) is 7.33. The van der Waals surface area contributed by atoms with E-state index in [0.29, 0.717) is 40.8 Å². The summed E-state index contributed by atoms with van der Waals surface area (Å²) < 4.78 is 15.3. The minimum atomic E-state index is -0.407. The molecule has 0 spiro atoms. The molecule has 0 saturated carbocycles. The molecule has 2 aliphatic heterocycles. The number of hydrogen-bond acceptors (Lipinski definition) is 11. The van der Waals surface area contributed by atoms with Crippen LogP contribution >= 0.6 is 22.7 Å². The smallest absolute Gasteiger partial charge is 0.239 e. The maximum absolute atomic E-state index is 13.5. The van der Waals surface area contributed by atoms with Gasteiger partial charge in [0.1, 0.15) is 22.5 Å². The summed E-state index contributed by atoms with van der Waals surface area (Å²) in [5, 5.41) is 25.8. The summed E-state index contributed by atoms with van der Waals surface area (Å²) in [5.74, 6) is 0.505. The van der Waals surface area contributed by atoms with E-state index < -0.39 is 6.10 Å². The van der Waals surface area contributed by atoms with Gasteiger partial charge in [0.15, 0.2) is 10.9 Å². The van der Waals surface area contributed by atoms with Crippen molar-refractivity contribution >= 4 is 49.6 Å². The quantitative estimate of drug-likeness (QED) is 0.321. The lowest BCUT2D eigenvalue weighted by molar-refractivity contribution is -0.146. The Hall–Kier alpha value is -3.64. The van der Waals surface area contributed by atoms with E-state index in [2.05, 4.69) is 15.9 Å². The summed E-state index contributed by atoms with van der Waals surface area (Å²) in [4.78, 5) is 31.7. The number of hydrogen-bond donors (Lipinski definition) is 1. The molecule has 42 heavy (non-hydrogen) atoms. The normalized spacial score (nSPS) is 18.1. The molecule has 4 aromatic rings. The number of β-amino-alcohol motifs (C(OH)–C–C–N with tert-alkyl or cyclic N) is 1. The van der Waals surface area contributed by atoms with Crippen molar-refractivity contribution < 1.29 is 14.3 Å². The Balaban J connectivity index is 1.23. The molecule has 1 N–H and O–H groups in total. The number of benzene rings is 1. The highest BCUT2D eigenvalue weighted by Gasteiger charge is 2.37. The molecule has 2 saturated heterocycles.